The van der Waals surface area contributed by atoms with Gasteiger partial charge in [-0.15, -0.1) is 0 Å². The molecule has 3 heteroatoms. The van der Waals surface area contributed by atoms with Gasteiger partial charge in [0.2, 0.25) is 5.91 Å². The summed E-state index contributed by atoms with van der Waals surface area (Å²) >= 11 is 0. The molecule has 0 aromatic heterocycles. The molecule has 1 aromatic carbocycles. The van der Waals surface area contributed by atoms with Gasteiger partial charge < -0.3 is 4.90 Å². The minimum absolute atomic E-state index is 0.0352. The molecule has 0 aliphatic carbocycles. The molecular weight excluding hydrogens is 224 g/mol. The Hall–Kier alpha value is -1.35. The van der Waals surface area contributed by atoms with Crippen molar-refractivity contribution in [2.24, 2.45) is 0 Å². The number of carbonyl (C=O) groups is 1. The van der Waals surface area contributed by atoms with Gasteiger partial charge in [-0.2, -0.15) is 0 Å². The van der Waals surface area contributed by atoms with E-state index < -0.39 is 0 Å². The summed E-state index contributed by atoms with van der Waals surface area (Å²) in [6.07, 6.45) is 1.02. The number of carbonyl (C=O) groups excluding carboxylic acids is 1. The van der Waals surface area contributed by atoms with Gasteiger partial charge in [0.1, 0.15) is 6.17 Å². The predicted molar refractivity (Wildman–Crippen MR) is 73.3 cm³/mol. The van der Waals surface area contributed by atoms with Gasteiger partial charge in [0.25, 0.3) is 0 Å². The van der Waals surface area contributed by atoms with E-state index in [1.807, 2.05) is 4.90 Å². The van der Waals surface area contributed by atoms with E-state index in [-0.39, 0.29) is 18.1 Å². The average Bonchev–Trinajstić information content (AvgIpc) is 2.70. The summed E-state index contributed by atoms with van der Waals surface area (Å²) in [5, 5.41) is 3.32. The Labute approximate surface area is 109 Å². The second-order valence-corrected chi connectivity index (χ2v) is 5.20. The SMILES string of the molecule is CCC(C)N1C(=O)CNC1c1ccc(C)cc1C. The van der Waals surface area contributed by atoms with Crippen molar-refractivity contribution in [3.05, 3.63) is 34.9 Å². The fraction of sp³-hybridized carbons (Fsp3) is 0.533. The molecule has 1 aliphatic heterocycles. The second-order valence-electron chi connectivity index (χ2n) is 5.20. The molecule has 1 N–H and O–H groups in total. The Morgan fingerprint density at radius 1 is 1.44 bits per heavy atom. The molecule has 1 heterocycles. The molecule has 1 aromatic rings. The van der Waals surface area contributed by atoms with Crippen molar-refractivity contribution in [1.29, 1.82) is 0 Å². The number of benzene rings is 1. The van der Waals surface area contributed by atoms with Crippen LogP contribution in [0.4, 0.5) is 0 Å². The zero-order valence-electron chi connectivity index (χ0n) is 11.7. The summed E-state index contributed by atoms with van der Waals surface area (Å²) in [5.41, 5.74) is 3.72. The van der Waals surface area contributed by atoms with E-state index in [2.05, 4.69) is 51.2 Å². The van der Waals surface area contributed by atoms with E-state index in [1.54, 1.807) is 0 Å². The molecule has 2 unspecified atom stereocenters. The van der Waals surface area contributed by atoms with Crippen molar-refractivity contribution in [2.75, 3.05) is 6.54 Å². The van der Waals surface area contributed by atoms with Gasteiger partial charge in [0.05, 0.1) is 6.54 Å². The quantitative estimate of drug-likeness (QED) is 0.889. The van der Waals surface area contributed by atoms with E-state index in [0.29, 0.717) is 6.54 Å². The highest BCUT2D eigenvalue weighted by molar-refractivity contribution is 5.81. The lowest BCUT2D eigenvalue weighted by Gasteiger charge is -2.31. The normalized spacial score (nSPS) is 21.4. The molecule has 1 aliphatic rings. The van der Waals surface area contributed by atoms with E-state index in [1.165, 1.54) is 16.7 Å². The van der Waals surface area contributed by atoms with Crippen LogP contribution < -0.4 is 5.32 Å². The number of nitrogens with zero attached hydrogens (tertiary/aromatic N) is 1. The molecule has 98 valence electrons. The third-order valence-corrected chi connectivity index (χ3v) is 3.80. The van der Waals surface area contributed by atoms with Gasteiger partial charge in [-0.3, -0.25) is 10.1 Å². The van der Waals surface area contributed by atoms with E-state index >= 15 is 0 Å². The van der Waals surface area contributed by atoms with Crippen LogP contribution in [0.25, 0.3) is 0 Å². The third-order valence-electron chi connectivity index (χ3n) is 3.80. The number of rotatable bonds is 3. The monoisotopic (exact) mass is 246 g/mol. The minimum Gasteiger partial charge on any atom is -0.319 e. The van der Waals surface area contributed by atoms with Crippen LogP contribution in [0.3, 0.4) is 0 Å². The predicted octanol–water partition coefficient (Wildman–Crippen LogP) is 2.53. The van der Waals surface area contributed by atoms with Gasteiger partial charge in [-0.25, -0.2) is 0 Å². The summed E-state index contributed by atoms with van der Waals surface area (Å²) in [6, 6.07) is 6.70. The van der Waals surface area contributed by atoms with Crippen LogP contribution in [0.15, 0.2) is 18.2 Å². The molecule has 3 nitrogen and oxygen atoms in total. The Balaban J connectivity index is 2.34. The minimum atomic E-state index is 0.0352. The molecule has 1 fully saturated rings. The standard InChI is InChI=1S/C15H22N2O/c1-5-12(4)17-14(18)9-16-15(17)13-7-6-10(2)8-11(13)3/h6-8,12,15-16H,5,9H2,1-4H3. The Morgan fingerprint density at radius 3 is 2.78 bits per heavy atom. The van der Waals surface area contributed by atoms with Gasteiger partial charge >= 0.3 is 0 Å². The lowest BCUT2D eigenvalue weighted by Crippen LogP contribution is -2.37. The lowest BCUT2D eigenvalue weighted by molar-refractivity contribution is -0.130. The van der Waals surface area contributed by atoms with Crippen molar-refractivity contribution in [2.45, 2.75) is 46.3 Å². The van der Waals surface area contributed by atoms with Crippen molar-refractivity contribution >= 4 is 5.91 Å². The number of nitrogens with one attached hydrogen (secondary N) is 1. The summed E-state index contributed by atoms with van der Waals surface area (Å²) in [6.45, 7) is 8.89. The van der Waals surface area contributed by atoms with E-state index in [9.17, 15) is 4.79 Å². The van der Waals surface area contributed by atoms with Gasteiger partial charge in [0.15, 0.2) is 0 Å². The molecule has 0 spiro atoms. The topological polar surface area (TPSA) is 32.3 Å². The fourth-order valence-electron chi connectivity index (χ4n) is 2.61. The molecule has 0 bridgehead atoms. The molecule has 2 rings (SSSR count). The van der Waals surface area contributed by atoms with Crippen molar-refractivity contribution < 1.29 is 4.79 Å². The molecule has 0 radical (unpaired) electrons. The largest absolute Gasteiger partial charge is 0.319 e. The summed E-state index contributed by atoms with van der Waals surface area (Å²) < 4.78 is 0. The molecule has 0 saturated carbocycles. The Bertz CT molecular complexity index is 456. The van der Waals surface area contributed by atoms with Crippen molar-refractivity contribution in [1.82, 2.24) is 10.2 Å². The molecular formula is C15H22N2O. The Kier molecular flexibility index (Phi) is 3.71. The highest BCUT2D eigenvalue weighted by Gasteiger charge is 2.34. The zero-order valence-corrected chi connectivity index (χ0v) is 11.7. The molecule has 2 atom stereocenters. The smallest absolute Gasteiger partial charge is 0.238 e. The second kappa shape index (κ2) is 5.11. The first-order chi connectivity index (χ1) is 8.54. The van der Waals surface area contributed by atoms with Crippen LogP contribution in [0, 0.1) is 13.8 Å². The summed E-state index contributed by atoms with van der Waals surface area (Å²) in [5.74, 6) is 0.203. The fourth-order valence-corrected chi connectivity index (χ4v) is 2.61. The third kappa shape index (κ3) is 2.27. The van der Waals surface area contributed by atoms with Crippen molar-refractivity contribution in [3.8, 4) is 0 Å². The highest BCUT2D eigenvalue weighted by Crippen LogP contribution is 2.28. The van der Waals surface area contributed by atoms with Crippen LogP contribution in [0.5, 0.6) is 0 Å². The van der Waals surface area contributed by atoms with E-state index in [4.69, 9.17) is 0 Å². The number of amides is 1. The van der Waals surface area contributed by atoms with Gasteiger partial charge in [0, 0.05) is 6.04 Å². The lowest BCUT2D eigenvalue weighted by atomic mass is 10.0. The maximum atomic E-state index is 12.0. The average molecular weight is 246 g/mol. The van der Waals surface area contributed by atoms with E-state index in [0.717, 1.165) is 6.42 Å². The zero-order chi connectivity index (χ0) is 13.3. The molecule has 1 amide bonds. The number of hydrogen-bond acceptors (Lipinski definition) is 2. The maximum Gasteiger partial charge on any atom is 0.238 e. The number of hydrogen-bond donors (Lipinski definition) is 1. The van der Waals surface area contributed by atoms with Gasteiger partial charge in [-0.1, -0.05) is 30.7 Å². The summed E-state index contributed by atoms with van der Waals surface area (Å²) in [7, 11) is 0. The Morgan fingerprint density at radius 2 is 2.17 bits per heavy atom. The highest BCUT2D eigenvalue weighted by atomic mass is 16.2. The van der Waals surface area contributed by atoms with Crippen LogP contribution >= 0.6 is 0 Å². The first-order valence-corrected chi connectivity index (χ1v) is 6.66. The number of aryl methyl sites for hydroxylation is 2. The summed E-state index contributed by atoms with van der Waals surface area (Å²) in [4.78, 5) is 14.0. The van der Waals surface area contributed by atoms with Crippen LogP contribution in [0.2, 0.25) is 0 Å². The molecule has 1 saturated heterocycles. The van der Waals surface area contributed by atoms with Crippen LogP contribution in [-0.4, -0.2) is 23.4 Å². The maximum absolute atomic E-state index is 12.0. The van der Waals surface area contributed by atoms with Gasteiger partial charge in [-0.05, 0) is 38.3 Å². The van der Waals surface area contributed by atoms with Crippen LogP contribution in [-0.2, 0) is 4.79 Å². The van der Waals surface area contributed by atoms with Crippen LogP contribution in [0.1, 0.15) is 43.1 Å². The first-order valence-electron chi connectivity index (χ1n) is 6.66. The first kappa shape index (κ1) is 13.1. The van der Waals surface area contributed by atoms with Crippen molar-refractivity contribution in [3.63, 3.8) is 0 Å². The molecule has 18 heavy (non-hydrogen) atoms.